The van der Waals surface area contributed by atoms with Crippen LogP contribution in [-0.4, -0.2) is 62.3 Å². The molecule has 0 bridgehead atoms. The summed E-state index contributed by atoms with van der Waals surface area (Å²) in [5.74, 6) is 3.26. The summed E-state index contributed by atoms with van der Waals surface area (Å²) in [6.07, 6.45) is 0.811. The summed E-state index contributed by atoms with van der Waals surface area (Å²) < 4.78 is 10.7. The van der Waals surface area contributed by atoms with Crippen LogP contribution in [0, 0.1) is 5.92 Å². The van der Waals surface area contributed by atoms with Crippen molar-refractivity contribution in [2.45, 2.75) is 12.5 Å². The molecule has 2 heterocycles. The molecule has 3 rings (SSSR count). The number of benzene rings is 1. The Balaban J connectivity index is 1.76. The third-order valence-corrected chi connectivity index (χ3v) is 5.75. The van der Waals surface area contributed by atoms with Crippen LogP contribution in [0.15, 0.2) is 18.2 Å². The highest BCUT2D eigenvalue weighted by molar-refractivity contribution is 7.99. The Labute approximate surface area is 147 Å². The van der Waals surface area contributed by atoms with Crippen LogP contribution in [0.3, 0.4) is 0 Å². The smallest absolute Gasteiger partial charge is 0.229 e. The van der Waals surface area contributed by atoms with Gasteiger partial charge in [0, 0.05) is 43.2 Å². The number of piperidine rings is 1. The summed E-state index contributed by atoms with van der Waals surface area (Å²) in [5.41, 5.74) is 7.30. The molecule has 0 spiro atoms. The monoisotopic (exact) mass is 351 g/mol. The van der Waals surface area contributed by atoms with E-state index in [2.05, 4.69) is 4.90 Å². The van der Waals surface area contributed by atoms with Crippen molar-refractivity contribution >= 4 is 23.4 Å². The van der Waals surface area contributed by atoms with Crippen molar-refractivity contribution in [3.8, 4) is 11.5 Å². The quantitative estimate of drug-likeness (QED) is 0.884. The third-order valence-electron chi connectivity index (χ3n) is 4.78. The van der Waals surface area contributed by atoms with Crippen molar-refractivity contribution in [1.82, 2.24) is 4.90 Å². The van der Waals surface area contributed by atoms with Gasteiger partial charge in [-0.05, 0) is 18.6 Å². The molecule has 2 aliphatic rings. The first-order valence-corrected chi connectivity index (χ1v) is 9.38. The minimum Gasteiger partial charge on any atom is -0.493 e. The molecule has 2 saturated heterocycles. The first-order chi connectivity index (χ1) is 11.6. The molecule has 1 aromatic rings. The second-order valence-electron chi connectivity index (χ2n) is 6.18. The summed E-state index contributed by atoms with van der Waals surface area (Å²) in [5, 5.41) is 0. The van der Waals surface area contributed by atoms with E-state index in [0.717, 1.165) is 36.8 Å². The average Bonchev–Trinajstić information content (AvgIpc) is 3.15. The molecule has 24 heavy (non-hydrogen) atoms. The van der Waals surface area contributed by atoms with Gasteiger partial charge in [0.2, 0.25) is 5.91 Å². The highest BCUT2D eigenvalue weighted by Crippen LogP contribution is 2.33. The van der Waals surface area contributed by atoms with Gasteiger partial charge in [-0.3, -0.25) is 4.79 Å². The van der Waals surface area contributed by atoms with E-state index in [1.165, 1.54) is 0 Å². The molecule has 2 fully saturated rings. The Bertz CT molecular complexity index is 592. The molecule has 2 aliphatic heterocycles. The van der Waals surface area contributed by atoms with Crippen LogP contribution in [0.4, 0.5) is 5.69 Å². The molecule has 0 saturated carbocycles. The van der Waals surface area contributed by atoms with Crippen LogP contribution in [0.25, 0.3) is 0 Å². The fourth-order valence-corrected chi connectivity index (χ4v) is 4.27. The lowest BCUT2D eigenvalue weighted by molar-refractivity contribution is -0.134. The van der Waals surface area contributed by atoms with Crippen molar-refractivity contribution < 1.29 is 14.3 Å². The fraction of sp³-hybridized carbons (Fsp3) is 0.588. The number of ether oxygens (including phenoxy) is 2. The number of carbonyl (C=O) groups excluding carboxylic acids is 1. The van der Waals surface area contributed by atoms with Gasteiger partial charge in [0.1, 0.15) is 0 Å². The van der Waals surface area contributed by atoms with Crippen LogP contribution in [0.1, 0.15) is 6.42 Å². The minimum absolute atomic E-state index is 0.0699. The van der Waals surface area contributed by atoms with Gasteiger partial charge in [0.25, 0.3) is 0 Å². The molecular formula is C17H25N3O3S. The summed E-state index contributed by atoms with van der Waals surface area (Å²) in [7, 11) is 3.26. The first-order valence-electron chi connectivity index (χ1n) is 8.23. The standard InChI is InChI=1S/C17H25N3O3S/c1-22-15-4-3-12(9-16(15)23-2)19-6-5-14(18)13(10-19)17(21)20-7-8-24-11-20/h3-4,9,13-14H,5-8,10-11,18H2,1-2H3/t13-,14-/m1/s1. The number of carbonyl (C=O) groups is 1. The van der Waals surface area contributed by atoms with Gasteiger partial charge in [-0.25, -0.2) is 0 Å². The maximum Gasteiger partial charge on any atom is 0.229 e. The van der Waals surface area contributed by atoms with E-state index >= 15 is 0 Å². The highest BCUT2D eigenvalue weighted by atomic mass is 32.2. The third kappa shape index (κ3) is 3.42. The number of hydrogen-bond acceptors (Lipinski definition) is 6. The van der Waals surface area contributed by atoms with Crippen LogP contribution in [0.2, 0.25) is 0 Å². The summed E-state index contributed by atoms with van der Waals surface area (Å²) in [4.78, 5) is 16.9. The van der Waals surface area contributed by atoms with Crippen LogP contribution in [0.5, 0.6) is 11.5 Å². The number of nitrogens with two attached hydrogens (primary N) is 1. The Morgan fingerprint density at radius 3 is 2.71 bits per heavy atom. The molecule has 0 aromatic heterocycles. The molecule has 2 atom stereocenters. The van der Waals surface area contributed by atoms with Crippen molar-refractivity contribution in [3.05, 3.63) is 18.2 Å². The molecule has 1 amide bonds. The van der Waals surface area contributed by atoms with E-state index < -0.39 is 0 Å². The van der Waals surface area contributed by atoms with Gasteiger partial charge in [0.05, 0.1) is 26.0 Å². The molecular weight excluding hydrogens is 326 g/mol. The van der Waals surface area contributed by atoms with E-state index in [-0.39, 0.29) is 17.9 Å². The second-order valence-corrected chi connectivity index (χ2v) is 7.26. The molecule has 132 valence electrons. The van der Waals surface area contributed by atoms with Crippen LogP contribution in [-0.2, 0) is 4.79 Å². The lowest BCUT2D eigenvalue weighted by Crippen LogP contribution is -2.53. The second kappa shape index (κ2) is 7.53. The number of nitrogens with zero attached hydrogens (tertiary/aromatic N) is 2. The van der Waals surface area contributed by atoms with Gasteiger partial charge < -0.3 is 25.0 Å². The molecule has 0 unspecified atom stereocenters. The van der Waals surface area contributed by atoms with Gasteiger partial charge in [0.15, 0.2) is 11.5 Å². The lowest BCUT2D eigenvalue weighted by atomic mass is 9.91. The Kier molecular flexibility index (Phi) is 5.40. The Morgan fingerprint density at radius 2 is 2.04 bits per heavy atom. The average molecular weight is 351 g/mol. The van der Waals surface area contributed by atoms with E-state index in [1.807, 2.05) is 23.1 Å². The summed E-state index contributed by atoms with van der Waals surface area (Å²) in [6.45, 7) is 2.33. The zero-order valence-electron chi connectivity index (χ0n) is 14.2. The Morgan fingerprint density at radius 1 is 1.25 bits per heavy atom. The lowest BCUT2D eigenvalue weighted by Gasteiger charge is -2.38. The zero-order valence-corrected chi connectivity index (χ0v) is 15.1. The minimum atomic E-state index is -0.148. The molecule has 2 N–H and O–H groups in total. The van der Waals surface area contributed by atoms with Gasteiger partial charge in [-0.15, -0.1) is 11.8 Å². The van der Waals surface area contributed by atoms with Crippen molar-refractivity contribution in [1.29, 1.82) is 0 Å². The largest absolute Gasteiger partial charge is 0.493 e. The topological polar surface area (TPSA) is 68.0 Å². The molecule has 6 nitrogen and oxygen atoms in total. The predicted molar refractivity (Wildman–Crippen MR) is 96.9 cm³/mol. The van der Waals surface area contributed by atoms with E-state index in [4.69, 9.17) is 15.2 Å². The van der Waals surface area contributed by atoms with Gasteiger partial charge >= 0.3 is 0 Å². The van der Waals surface area contributed by atoms with Crippen molar-refractivity contribution in [3.63, 3.8) is 0 Å². The van der Waals surface area contributed by atoms with Crippen LogP contribution < -0.4 is 20.1 Å². The number of thioether (sulfide) groups is 1. The summed E-state index contributed by atoms with van der Waals surface area (Å²) >= 11 is 1.80. The first kappa shape index (κ1) is 17.2. The highest BCUT2D eigenvalue weighted by Gasteiger charge is 2.35. The van der Waals surface area contributed by atoms with Crippen LogP contribution >= 0.6 is 11.8 Å². The zero-order chi connectivity index (χ0) is 17.1. The van der Waals surface area contributed by atoms with Crippen molar-refractivity contribution in [2.75, 3.05) is 50.4 Å². The Hall–Kier alpha value is -1.60. The fourth-order valence-electron chi connectivity index (χ4n) is 3.31. The van der Waals surface area contributed by atoms with E-state index in [9.17, 15) is 4.79 Å². The number of anilines is 1. The maximum absolute atomic E-state index is 12.8. The predicted octanol–water partition coefficient (Wildman–Crippen LogP) is 1.39. The van der Waals surface area contributed by atoms with E-state index in [1.54, 1.807) is 26.0 Å². The molecule has 1 aromatic carbocycles. The number of hydrogen-bond donors (Lipinski definition) is 1. The van der Waals surface area contributed by atoms with Gasteiger partial charge in [-0.1, -0.05) is 0 Å². The number of rotatable bonds is 4. The summed E-state index contributed by atoms with van der Waals surface area (Å²) in [6, 6.07) is 5.80. The number of amides is 1. The number of methoxy groups -OCH3 is 2. The van der Waals surface area contributed by atoms with Crippen molar-refractivity contribution in [2.24, 2.45) is 11.7 Å². The molecule has 7 heteroatoms. The maximum atomic E-state index is 12.8. The van der Waals surface area contributed by atoms with Gasteiger partial charge in [-0.2, -0.15) is 0 Å². The SMILES string of the molecule is COc1ccc(N2CC[C@@H](N)[C@H](C(=O)N3CCSC3)C2)cc1OC. The molecule has 0 aliphatic carbocycles. The normalized spacial score (nSPS) is 24.1. The van der Waals surface area contributed by atoms with E-state index in [0.29, 0.717) is 18.0 Å². The molecule has 0 radical (unpaired) electrons.